The Balaban J connectivity index is 2.22. The molecule has 1 aromatic rings. The van der Waals surface area contributed by atoms with Crippen LogP contribution in [0.2, 0.25) is 0 Å². The maximum absolute atomic E-state index is 12.0. The molecule has 0 saturated carbocycles. The van der Waals surface area contributed by atoms with E-state index in [-0.39, 0.29) is 16.7 Å². The molecule has 0 spiro atoms. The fourth-order valence-corrected chi connectivity index (χ4v) is 2.89. The number of hydrogen-bond donors (Lipinski definition) is 3. The fraction of sp³-hybridized carbons (Fsp3) is 0.333. The molecule has 1 saturated heterocycles. The van der Waals surface area contributed by atoms with E-state index in [1.165, 1.54) is 12.1 Å². The number of primary sulfonamides is 1. The van der Waals surface area contributed by atoms with E-state index in [1.807, 2.05) is 0 Å². The second-order valence-corrected chi connectivity index (χ2v) is 6.15. The zero-order chi connectivity index (χ0) is 14.9. The molecule has 7 nitrogen and oxygen atoms in total. The molecule has 4 N–H and O–H groups in total. The first-order valence-electron chi connectivity index (χ1n) is 6.01. The first-order valence-corrected chi connectivity index (χ1v) is 7.56. The van der Waals surface area contributed by atoms with Gasteiger partial charge in [-0.3, -0.25) is 9.59 Å². The number of rotatable bonds is 3. The van der Waals surface area contributed by atoms with E-state index in [9.17, 15) is 18.0 Å². The number of carbonyl (C=O) groups is 2. The van der Waals surface area contributed by atoms with Crippen LogP contribution in [0.15, 0.2) is 23.1 Å². The maximum Gasteiger partial charge on any atom is 0.246 e. The van der Waals surface area contributed by atoms with Crippen LogP contribution in [-0.4, -0.2) is 26.3 Å². The van der Waals surface area contributed by atoms with Gasteiger partial charge >= 0.3 is 0 Å². The number of carbonyl (C=O) groups excluding carboxylic acids is 2. The van der Waals surface area contributed by atoms with Crippen molar-refractivity contribution in [3.05, 3.63) is 23.8 Å². The van der Waals surface area contributed by atoms with Crippen molar-refractivity contribution in [3.8, 4) is 0 Å². The smallest absolute Gasteiger partial charge is 0.246 e. The van der Waals surface area contributed by atoms with Crippen molar-refractivity contribution in [3.63, 3.8) is 0 Å². The van der Waals surface area contributed by atoms with Crippen molar-refractivity contribution in [2.24, 2.45) is 5.14 Å². The van der Waals surface area contributed by atoms with Crippen molar-refractivity contribution in [1.29, 1.82) is 0 Å². The molecular weight excluding hydrogens is 282 g/mol. The van der Waals surface area contributed by atoms with Crippen molar-refractivity contribution >= 4 is 27.5 Å². The van der Waals surface area contributed by atoms with Gasteiger partial charge in [-0.15, -0.1) is 0 Å². The largest absolute Gasteiger partial charge is 0.344 e. The summed E-state index contributed by atoms with van der Waals surface area (Å²) in [5.74, 6) is -0.536. The summed E-state index contributed by atoms with van der Waals surface area (Å²) in [6.45, 7) is 1.56. The van der Waals surface area contributed by atoms with Crippen molar-refractivity contribution in [2.75, 3.05) is 5.32 Å². The van der Waals surface area contributed by atoms with E-state index >= 15 is 0 Å². The molecule has 8 heteroatoms. The third kappa shape index (κ3) is 2.97. The highest BCUT2D eigenvalue weighted by Crippen LogP contribution is 2.22. The van der Waals surface area contributed by atoms with Crippen LogP contribution in [-0.2, 0) is 19.6 Å². The third-order valence-corrected chi connectivity index (χ3v) is 4.22. The van der Waals surface area contributed by atoms with Gasteiger partial charge in [-0.1, -0.05) is 6.07 Å². The molecule has 0 aliphatic carbocycles. The second kappa shape index (κ2) is 5.22. The quantitative estimate of drug-likeness (QED) is 0.719. The Morgan fingerprint density at radius 2 is 2.15 bits per heavy atom. The SMILES string of the molecule is Cc1c(NC(=O)[C@H]2CCC(=O)N2)cccc1S(N)(=O)=O. The Bertz CT molecular complexity index is 669. The average molecular weight is 297 g/mol. The summed E-state index contributed by atoms with van der Waals surface area (Å²) in [5, 5.41) is 10.3. The van der Waals surface area contributed by atoms with Gasteiger partial charge in [0.2, 0.25) is 21.8 Å². The molecule has 1 aromatic carbocycles. The van der Waals surface area contributed by atoms with Crippen molar-refractivity contribution in [1.82, 2.24) is 5.32 Å². The Hall–Kier alpha value is -1.93. The number of sulfonamides is 1. The Morgan fingerprint density at radius 1 is 1.45 bits per heavy atom. The number of nitrogens with two attached hydrogens (primary N) is 1. The standard InChI is InChI=1S/C12H15N3O4S/c1-7-8(3-2-4-10(7)20(13,18)19)15-12(17)9-5-6-11(16)14-9/h2-4,9H,5-6H2,1H3,(H,14,16)(H,15,17)(H2,13,18,19)/t9-/m1/s1. The Labute approximate surface area is 116 Å². The Morgan fingerprint density at radius 3 is 2.70 bits per heavy atom. The van der Waals surface area contributed by atoms with Crippen LogP contribution < -0.4 is 15.8 Å². The minimum absolute atomic E-state index is 0.0363. The van der Waals surface area contributed by atoms with Crippen LogP contribution in [0.4, 0.5) is 5.69 Å². The summed E-state index contributed by atoms with van der Waals surface area (Å²) in [7, 11) is -3.84. The lowest BCUT2D eigenvalue weighted by molar-refractivity contribution is -0.122. The highest BCUT2D eigenvalue weighted by molar-refractivity contribution is 7.89. The van der Waals surface area contributed by atoms with E-state index in [0.717, 1.165) is 0 Å². The highest BCUT2D eigenvalue weighted by atomic mass is 32.2. The lowest BCUT2D eigenvalue weighted by Gasteiger charge is -2.14. The molecular formula is C12H15N3O4S. The molecule has 2 rings (SSSR count). The molecule has 1 aliphatic rings. The van der Waals surface area contributed by atoms with Crippen LogP contribution in [0.1, 0.15) is 18.4 Å². The number of amides is 2. The van der Waals surface area contributed by atoms with E-state index in [1.54, 1.807) is 13.0 Å². The summed E-state index contributed by atoms with van der Waals surface area (Å²) >= 11 is 0. The van der Waals surface area contributed by atoms with Gasteiger partial charge in [-0.25, -0.2) is 13.6 Å². The predicted octanol–water partition coefficient (Wildman–Crippen LogP) is -0.140. The van der Waals surface area contributed by atoms with Gasteiger partial charge in [0.25, 0.3) is 0 Å². The molecule has 0 radical (unpaired) electrons. The molecule has 20 heavy (non-hydrogen) atoms. The van der Waals surface area contributed by atoms with Gasteiger partial charge in [0, 0.05) is 12.1 Å². The fourth-order valence-electron chi connectivity index (χ4n) is 2.09. The molecule has 0 unspecified atom stereocenters. The van der Waals surface area contributed by atoms with Crippen LogP contribution in [0.25, 0.3) is 0 Å². The highest BCUT2D eigenvalue weighted by Gasteiger charge is 2.27. The summed E-state index contributed by atoms with van der Waals surface area (Å²) in [4.78, 5) is 23.0. The van der Waals surface area contributed by atoms with Crippen LogP contribution in [0, 0.1) is 6.92 Å². The average Bonchev–Trinajstić information content (AvgIpc) is 2.77. The lowest BCUT2D eigenvalue weighted by Crippen LogP contribution is -2.37. The van der Waals surface area contributed by atoms with Gasteiger partial charge < -0.3 is 10.6 Å². The summed E-state index contributed by atoms with van der Waals surface area (Å²) < 4.78 is 22.8. The molecule has 0 aromatic heterocycles. The first-order chi connectivity index (χ1) is 9.29. The summed E-state index contributed by atoms with van der Waals surface area (Å²) in [6, 6.07) is 3.87. The predicted molar refractivity (Wildman–Crippen MR) is 72.3 cm³/mol. The molecule has 1 aliphatic heterocycles. The molecule has 0 bridgehead atoms. The topological polar surface area (TPSA) is 118 Å². The molecule has 2 amide bonds. The minimum atomic E-state index is -3.84. The van der Waals surface area contributed by atoms with Gasteiger partial charge in [0.15, 0.2) is 0 Å². The molecule has 1 heterocycles. The zero-order valence-electron chi connectivity index (χ0n) is 10.8. The van der Waals surface area contributed by atoms with E-state index in [2.05, 4.69) is 10.6 Å². The van der Waals surface area contributed by atoms with Crippen molar-refractivity contribution < 1.29 is 18.0 Å². The molecule has 1 fully saturated rings. The van der Waals surface area contributed by atoms with E-state index in [4.69, 9.17) is 5.14 Å². The molecule has 1 atom stereocenters. The van der Waals surface area contributed by atoms with E-state index in [0.29, 0.717) is 24.1 Å². The number of hydrogen-bond acceptors (Lipinski definition) is 4. The second-order valence-electron chi connectivity index (χ2n) is 4.62. The summed E-state index contributed by atoms with van der Waals surface area (Å²) in [6.07, 6.45) is 0.743. The third-order valence-electron chi connectivity index (χ3n) is 3.16. The van der Waals surface area contributed by atoms with Gasteiger partial charge in [0.05, 0.1) is 4.90 Å². The van der Waals surface area contributed by atoms with Crippen molar-refractivity contribution in [2.45, 2.75) is 30.7 Å². The number of anilines is 1. The maximum atomic E-state index is 12.0. The van der Waals surface area contributed by atoms with Crippen LogP contribution in [0.5, 0.6) is 0 Å². The zero-order valence-corrected chi connectivity index (χ0v) is 11.7. The van der Waals surface area contributed by atoms with Gasteiger partial charge in [-0.2, -0.15) is 0 Å². The van der Waals surface area contributed by atoms with E-state index < -0.39 is 16.1 Å². The first kappa shape index (κ1) is 14.5. The normalized spacial score (nSPS) is 18.7. The lowest BCUT2D eigenvalue weighted by atomic mass is 10.1. The Kier molecular flexibility index (Phi) is 3.78. The molecule has 108 valence electrons. The number of nitrogens with one attached hydrogen (secondary N) is 2. The van der Waals surface area contributed by atoms with Crippen LogP contribution >= 0.6 is 0 Å². The van der Waals surface area contributed by atoms with Crippen LogP contribution in [0.3, 0.4) is 0 Å². The van der Waals surface area contributed by atoms with Gasteiger partial charge in [-0.05, 0) is 31.0 Å². The summed E-state index contributed by atoms with van der Waals surface area (Å²) in [5.41, 5.74) is 0.732. The minimum Gasteiger partial charge on any atom is -0.344 e. The van der Waals surface area contributed by atoms with Gasteiger partial charge in [0.1, 0.15) is 6.04 Å². The monoisotopic (exact) mass is 297 g/mol. The number of benzene rings is 1.